The lowest BCUT2D eigenvalue weighted by molar-refractivity contribution is -0.0115. The maximum atomic E-state index is 14.1. The average molecular weight is 585 g/mol. The molecule has 3 rings (SSSR count). The normalized spacial score (nSPS) is 20.9. The molecule has 0 saturated carbocycles. The van der Waals surface area contributed by atoms with E-state index in [1.165, 1.54) is 0 Å². The molecule has 1 aliphatic heterocycles. The third-order valence-corrected chi connectivity index (χ3v) is 7.69. The van der Waals surface area contributed by atoms with Crippen molar-refractivity contribution < 1.29 is 28.9 Å². The summed E-state index contributed by atoms with van der Waals surface area (Å²) in [5.41, 5.74) is 2.01. The van der Waals surface area contributed by atoms with Gasteiger partial charge in [-0.15, -0.1) is 0 Å². The van der Waals surface area contributed by atoms with Crippen LogP contribution in [0.1, 0.15) is 50.4 Å². The van der Waals surface area contributed by atoms with Crippen LogP contribution in [0, 0.1) is 5.92 Å². The van der Waals surface area contributed by atoms with Crippen molar-refractivity contribution in [1.82, 2.24) is 9.80 Å². The van der Waals surface area contributed by atoms with Crippen molar-refractivity contribution in [3.8, 4) is 11.5 Å². The summed E-state index contributed by atoms with van der Waals surface area (Å²) in [4.78, 5) is 32.4. The molecule has 0 fully saturated rings. The Balaban J connectivity index is 1.86. The van der Waals surface area contributed by atoms with Crippen molar-refractivity contribution in [2.75, 3.05) is 64.8 Å². The molecule has 10 nitrogen and oxygen atoms in total. The Morgan fingerprint density at radius 2 is 1.86 bits per heavy atom. The van der Waals surface area contributed by atoms with E-state index < -0.39 is 6.04 Å². The van der Waals surface area contributed by atoms with Crippen LogP contribution in [0.4, 0.5) is 16.2 Å². The zero-order valence-electron chi connectivity index (χ0n) is 26.1. The predicted molar refractivity (Wildman–Crippen MR) is 166 cm³/mol. The van der Waals surface area contributed by atoms with Gasteiger partial charge in [-0.25, -0.2) is 4.79 Å². The van der Waals surface area contributed by atoms with Gasteiger partial charge in [-0.05, 0) is 75.6 Å². The average Bonchev–Trinajstić information content (AvgIpc) is 2.98. The highest BCUT2D eigenvalue weighted by molar-refractivity contribution is 5.98. The van der Waals surface area contributed by atoms with E-state index in [1.807, 2.05) is 58.0 Å². The largest absolute Gasteiger partial charge is 0.497 e. The molecule has 2 N–H and O–H groups in total. The van der Waals surface area contributed by atoms with Crippen molar-refractivity contribution >= 4 is 23.3 Å². The second-order valence-electron chi connectivity index (χ2n) is 11.4. The molecule has 4 atom stereocenters. The number of hydrogen-bond acceptors (Lipinski definition) is 7. The zero-order valence-corrected chi connectivity index (χ0v) is 26.1. The summed E-state index contributed by atoms with van der Waals surface area (Å²) in [6.07, 6.45) is 2.15. The number of fused-ring (bicyclic) bond motifs is 1. The van der Waals surface area contributed by atoms with E-state index in [4.69, 9.17) is 14.2 Å². The molecule has 0 aliphatic carbocycles. The number of anilines is 2. The molecule has 10 heteroatoms. The summed E-state index contributed by atoms with van der Waals surface area (Å²) in [6.45, 7) is 6.87. The molecule has 0 radical (unpaired) electrons. The molecule has 2 aromatic carbocycles. The fourth-order valence-corrected chi connectivity index (χ4v) is 4.90. The molecule has 1 aliphatic rings. The van der Waals surface area contributed by atoms with Crippen molar-refractivity contribution in [2.45, 2.75) is 58.3 Å². The van der Waals surface area contributed by atoms with E-state index >= 15 is 0 Å². The van der Waals surface area contributed by atoms with E-state index in [-0.39, 0.29) is 36.7 Å². The van der Waals surface area contributed by atoms with Gasteiger partial charge in [-0.2, -0.15) is 0 Å². The number of benzene rings is 2. The number of aliphatic hydroxyl groups is 1. The van der Waals surface area contributed by atoms with E-state index in [0.29, 0.717) is 42.4 Å². The minimum absolute atomic E-state index is 0.0871. The van der Waals surface area contributed by atoms with Crippen molar-refractivity contribution in [2.24, 2.45) is 5.92 Å². The van der Waals surface area contributed by atoms with Gasteiger partial charge in [0.15, 0.2) is 0 Å². The maximum absolute atomic E-state index is 14.1. The number of amides is 3. The first kappa shape index (κ1) is 33.0. The first-order valence-corrected chi connectivity index (χ1v) is 14.7. The van der Waals surface area contributed by atoms with Gasteiger partial charge in [0.1, 0.15) is 11.5 Å². The first-order chi connectivity index (χ1) is 20.0. The van der Waals surface area contributed by atoms with Crippen molar-refractivity contribution in [3.05, 3.63) is 48.0 Å². The minimum Gasteiger partial charge on any atom is -0.497 e. The zero-order chi connectivity index (χ0) is 30.8. The Bertz CT molecular complexity index is 1160. The van der Waals surface area contributed by atoms with Gasteiger partial charge in [0, 0.05) is 58.1 Å². The first-order valence-electron chi connectivity index (χ1n) is 14.7. The highest BCUT2D eigenvalue weighted by Crippen LogP contribution is 2.29. The Kier molecular flexibility index (Phi) is 12.3. The summed E-state index contributed by atoms with van der Waals surface area (Å²) >= 11 is 0. The Hall–Kier alpha value is -3.50. The van der Waals surface area contributed by atoms with E-state index in [1.54, 1.807) is 48.2 Å². The molecule has 42 heavy (non-hydrogen) atoms. The van der Waals surface area contributed by atoms with Gasteiger partial charge in [0.2, 0.25) is 0 Å². The number of nitrogens with zero attached hydrogens (tertiary/aromatic N) is 3. The van der Waals surface area contributed by atoms with E-state index in [9.17, 15) is 14.7 Å². The lowest BCUT2D eigenvalue weighted by Gasteiger charge is -2.36. The van der Waals surface area contributed by atoms with Crippen LogP contribution in [-0.4, -0.2) is 99.7 Å². The number of likely N-dealkylation sites (N-methyl/N-ethyl adjacent to an activating group) is 1. The number of rotatable bonds is 7. The summed E-state index contributed by atoms with van der Waals surface area (Å²) in [6, 6.07) is 12.1. The fraction of sp³-hybridized carbons (Fsp3) is 0.562. The monoisotopic (exact) mass is 584 g/mol. The lowest BCUT2D eigenvalue weighted by Crippen LogP contribution is -2.48. The van der Waals surface area contributed by atoms with Gasteiger partial charge in [-0.3, -0.25) is 4.79 Å². The lowest BCUT2D eigenvalue weighted by atomic mass is 10.0. The van der Waals surface area contributed by atoms with Crippen LogP contribution in [-0.2, 0) is 4.74 Å². The van der Waals surface area contributed by atoms with E-state index in [0.717, 1.165) is 24.9 Å². The number of methoxy groups -OCH3 is 1. The van der Waals surface area contributed by atoms with Crippen LogP contribution in [0.15, 0.2) is 42.5 Å². The number of ether oxygens (including phenoxy) is 3. The Morgan fingerprint density at radius 3 is 2.50 bits per heavy atom. The molecule has 3 amide bonds. The molecule has 1 heterocycles. The van der Waals surface area contributed by atoms with Gasteiger partial charge < -0.3 is 39.3 Å². The van der Waals surface area contributed by atoms with Crippen molar-refractivity contribution in [1.29, 1.82) is 0 Å². The number of aliphatic hydroxyl groups excluding tert-OH is 1. The molecule has 0 saturated heterocycles. The summed E-state index contributed by atoms with van der Waals surface area (Å²) in [7, 11) is 7.19. The number of carbonyl (C=O) groups is 2. The van der Waals surface area contributed by atoms with Crippen LogP contribution in [0.5, 0.6) is 11.5 Å². The van der Waals surface area contributed by atoms with Gasteiger partial charge >= 0.3 is 6.03 Å². The van der Waals surface area contributed by atoms with Gasteiger partial charge in [0.05, 0.1) is 37.5 Å². The Labute approximate surface area is 250 Å². The van der Waals surface area contributed by atoms with Crippen molar-refractivity contribution in [3.63, 3.8) is 0 Å². The molecular formula is C32H48N4O6. The number of hydrogen-bond donors (Lipinski definition) is 2. The number of nitrogens with one attached hydrogen (secondary N) is 1. The quantitative estimate of drug-likeness (QED) is 0.485. The standard InChI is InChI=1S/C32H48N4O6/c1-22-19-36(23(2)21-37)31(38)28-18-26(34(4)5)13-16-29(28)42-24(3)10-8-9-17-41-30(22)20-35(6)32(39)33-25-11-14-27(40-7)15-12-25/h11-16,18,22-24,30,37H,8-10,17,19-21H2,1-7H3,(H,33,39)/t22-,23+,24-,30-/m0/s1. The third kappa shape index (κ3) is 9.00. The Morgan fingerprint density at radius 1 is 1.14 bits per heavy atom. The number of urea groups is 1. The minimum atomic E-state index is -0.433. The highest BCUT2D eigenvalue weighted by Gasteiger charge is 2.31. The smallest absolute Gasteiger partial charge is 0.321 e. The summed E-state index contributed by atoms with van der Waals surface area (Å²) in [5.74, 6) is 0.903. The second-order valence-corrected chi connectivity index (χ2v) is 11.4. The van der Waals surface area contributed by atoms with Crippen LogP contribution in [0.2, 0.25) is 0 Å². The third-order valence-electron chi connectivity index (χ3n) is 7.69. The fourth-order valence-electron chi connectivity index (χ4n) is 4.90. The molecule has 2 aromatic rings. The van der Waals surface area contributed by atoms with Gasteiger partial charge in [0.25, 0.3) is 5.91 Å². The van der Waals surface area contributed by atoms with Crippen LogP contribution < -0.4 is 19.7 Å². The molecule has 0 spiro atoms. The van der Waals surface area contributed by atoms with Crippen LogP contribution in [0.25, 0.3) is 0 Å². The SMILES string of the molecule is COc1ccc(NC(=O)N(C)C[C@@H]2OCCCC[C@H](C)Oc3ccc(N(C)C)cc3C(=O)N([C@H](C)CO)C[C@@H]2C)cc1. The van der Waals surface area contributed by atoms with E-state index in [2.05, 4.69) is 5.32 Å². The summed E-state index contributed by atoms with van der Waals surface area (Å²) in [5, 5.41) is 13.0. The summed E-state index contributed by atoms with van der Waals surface area (Å²) < 4.78 is 17.8. The molecule has 0 unspecified atom stereocenters. The molecule has 232 valence electrons. The number of carbonyl (C=O) groups excluding carboxylic acids is 2. The maximum Gasteiger partial charge on any atom is 0.321 e. The topological polar surface area (TPSA) is 104 Å². The van der Waals surface area contributed by atoms with Crippen LogP contribution in [0.3, 0.4) is 0 Å². The van der Waals surface area contributed by atoms with Crippen LogP contribution >= 0.6 is 0 Å². The highest BCUT2D eigenvalue weighted by atomic mass is 16.5. The molecule has 0 aromatic heterocycles. The predicted octanol–water partition coefficient (Wildman–Crippen LogP) is 4.72. The molecule has 0 bridgehead atoms. The molecular weight excluding hydrogens is 536 g/mol. The van der Waals surface area contributed by atoms with Gasteiger partial charge in [-0.1, -0.05) is 6.92 Å². The second kappa shape index (κ2) is 15.7.